The van der Waals surface area contributed by atoms with Crippen LogP contribution in [0.4, 0.5) is 0 Å². The standard InChI is InChI=1S/C17H19BrN2O/c1-20-9-7-14(8-10-20)19-17(21)13-5-6-15-12(11-13)3-2-4-16(15)18/h2-6,11,14H,7-10H2,1H3,(H,19,21). The van der Waals surface area contributed by atoms with Crippen molar-refractivity contribution < 1.29 is 4.79 Å². The highest BCUT2D eigenvalue weighted by molar-refractivity contribution is 9.10. The van der Waals surface area contributed by atoms with E-state index in [0.717, 1.165) is 46.7 Å². The zero-order valence-electron chi connectivity index (χ0n) is 12.1. The van der Waals surface area contributed by atoms with Gasteiger partial charge in [-0.2, -0.15) is 0 Å². The van der Waals surface area contributed by atoms with E-state index in [2.05, 4.69) is 33.2 Å². The summed E-state index contributed by atoms with van der Waals surface area (Å²) in [5, 5.41) is 5.37. The first-order valence-corrected chi connectivity index (χ1v) is 8.10. The number of carbonyl (C=O) groups excluding carboxylic acids is 1. The molecule has 2 aromatic carbocycles. The van der Waals surface area contributed by atoms with Gasteiger partial charge in [-0.3, -0.25) is 4.79 Å². The van der Waals surface area contributed by atoms with Crippen LogP contribution in [0.15, 0.2) is 40.9 Å². The Morgan fingerprint density at radius 2 is 2.00 bits per heavy atom. The largest absolute Gasteiger partial charge is 0.349 e. The van der Waals surface area contributed by atoms with Crippen molar-refractivity contribution >= 4 is 32.6 Å². The number of carbonyl (C=O) groups is 1. The Balaban J connectivity index is 1.75. The minimum Gasteiger partial charge on any atom is -0.349 e. The Morgan fingerprint density at radius 3 is 2.76 bits per heavy atom. The molecule has 3 rings (SSSR count). The second kappa shape index (κ2) is 6.16. The topological polar surface area (TPSA) is 32.3 Å². The summed E-state index contributed by atoms with van der Waals surface area (Å²) in [5.74, 6) is 0.0337. The van der Waals surface area contributed by atoms with E-state index in [0.29, 0.717) is 6.04 Å². The summed E-state index contributed by atoms with van der Waals surface area (Å²) in [6.45, 7) is 2.10. The lowest BCUT2D eigenvalue weighted by atomic mass is 10.0. The molecule has 0 bridgehead atoms. The van der Waals surface area contributed by atoms with Crippen LogP contribution in [0.5, 0.6) is 0 Å². The number of fused-ring (bicyclic) bond motifs is 1. The van der Waals surface area contributed by atoms with Gasteiger partial charge in [0.25, 0.3) is 5.91 Å². The van der Waals surface area contributed by atoms with Crippen molar-refractivity contribution in [2.75, 3.05) is 20.1 Å². The van der Waals surface area contributed by atoms with Gasteiger partial charge < -0.3 is 10.2 Å². The zero-order chi connectivity index (χ0) is 14.8. The van der Waals surface area contributed by atoms with E-state index >= 15 is 0 Å². The van der Waals surface area contributed by atoms with Gasteiger partial charge in [-0.05, 0) is 62.0 Å². The molecule has 1 saturated heterocycles. The predicted molar refractivity (Wildman–Crippen MR) is 89.6 cm³/mol. The highest BCUT2D eigenvalue weighted by atomic mass is 79.9. The predicted octanol–water partition coefficient (Wildman–Crippen LogP) is 3.43. The molecule has 0 saturated carbocycles. The highest BCUT2D eigenvalue weighted by Gasteiger charge is 2.19. The Bertz CT molecular complexity index is 663. The minimum atomic E-state index is 0.0337. The van der Waals surface area contributed by atoms with Gasteiger partial charge in [0.2, 0.25) is 0 Å². The molecule has 1 N–H and O–H groups in total. The molecule has 0 aromatic heterocycles. The summed E-state index contributed by atoms with van der Waals surface area (Å²) in [6.07, 6.45) is 2.06. The summed E-state index contributed by atoms with van der Waals surface area (Å²) in [4.78, 5) is 14.7. The molecule has 4 heteroatoms. The van der Waals surface area contributed by atoms with Gasteiger partial charge in [-0.15, -0.1) is 0 Å². The average molecular weight is 347 g/mol. The molecule has 0 unspecified atom stereocenters. The number of rotatable bonds is 2. The van der Waals surface area contributed by atoms with Crippen LogP contribution in [-0.2, 0) is 0 Å². The molecule has 21 heavy (non-hydrogen) atoms. The van der Waals surface area contributed by atoms with E-state index in [-0.39, 0.29) is 5.91 Å². The van der Waals surface area contributed by atoms with E-state index in [9.17, 15) is 4.79 Å². The molecular formula is C17H19BrN2O. The molecule has 3 nitrogen and oxygen atoms in total. The van der Waals surface area contributed by atoms with Crippen LogP contribution in [0.25, 0.3) is 10.8 Å². The summed E-state index contributed by atoms with van der Waals surface area (Å²) in [5.41, 5.74) is 0.736. The SMILES string of the molecule is CN1CCC(NC(=O)c2ccc3c(Br)cccc3c2)CC1. The number of piperidine rings is 1. The van der Waals surface area contributed by atoms with Crippen molar-refractivity contribution in [2.24, 2.45) is 0 Å². The van der Waals surface area contributed by atoms with Crippen LogP contribution < -0.4 is 5.32 Å². The number of likely N-dealkylation sites (tertiary alicyclic amines) is 1. The molecule has 1 heterocycles. The number of halogens is 1. The van der Waals surface area contributed by atoms with Gasteiger partial charge in [0.1, 0.15) is 0 Å². The molecule has 1 aliphatic heterocycles. The fraction of sp³-hybridized carbons (Fsp3) is 0.353. The summed E-state index contributed by atoms with van der Waals surface area (Å²) < 4.78 is 1.06. The molecular weight excluding hydrogens is 328 g/mol. The number of nitrogens with zero attached hydrogens (tertiary/aromatic N) is 1. The van der Waals surface area contributed by atoms with E-state index in [4.69, 9.17) is 0 Å². The summed E-state index contributed by atoms with van der Waals surface area (Å²) in [6, 6.07) is 12.2. The van der Waals surface area contributed by atoms with Gasteiger partial charge in [0.15, 0.2) is 0 Å². The number of amides is 1. The Morgan fingerprint density at radius 1 is 1.24 bits per heavy atom. The van der Waals surface area contributed by atoms with Crippen LogP contribution in [-0.4, -0.2) is 37.0 Å². The maximum absolute atomic E-state index is 12.4. The van der Waals surface area contributed by atoms with Crippen molar-refractivity contribution in [1.82, 2.24) is 10.2 Å². The third-order valence-electron chi connectivity index (χ3n) is 4.14. The first-order chi connectivity index (χ1) is 10.1. The number of hydrogen-bond acceptors (Lipinski definition) is 2. The maximum atomic E-state index is 12.4. The molecule has 110 valence electrons. The first kappa shape index (κ1) is 14.5. The van der Waals surface area contributed by atoms with Gasteiger partial charge in [0, 0.05) is 16.1 Å². The van der Waals surface area contributed by atoms with Crippen LogP contribution in [0.1, 0.15) is 23.2 Å². The second-order valence-electron chi connectivity index (χ2n) is 5.73. The third-order valence-corrected chi connectivity index (χ3v) is 4.83. The third kappa shape index (κ3) is 3.27. The Kier molecular flexibility index (Phi) is 4.27. The van der Waals surface area contributed by atoms with Crippen molar-refractivity contribution in [3.63, 3.8) is 0 Å². The molecule has 1 amide bonds. The second-order valence-corrected chi connectivity index (χ2v) is 6.58. The fourth-order valence-corrected chi connectivity index (χ4v) is 3.32. The maximum Gasteiger partial charge on any atom is 0.251 e. The monoisotopic (exact) mass is 346 g/mol. The van der Waals surface area contributed by atoms with Crippen molar-refractivity contribution in [3.8, 4) is 0 Å². The average Bonchev–Trinajstić information content (AvgIpc) is 2.49. The van der Waals surface area contributed by atoms with Gasteiger partial charge in [-0.25, -0.2) is 0 Å². The quantitative estimate of drug-likeness (QED) is 0.903. The molecule has 0 spiro atoms. The smallest absolute Gasteiger partial charge is 0.251 e. The van der Waals surface area contributed by atoms with E-state index < -0.39 is 0 Å². The van der Waals surface area contributed by atoms with Crippen LogP contribution in [0, 0.1) is 0 Å². The summed E-state index contributed by atoms with van der Waals surface area (Å²) >= 11 is 3.54. The molecule has 0 radical (unpaired) electrons. The Labute approximate surface area is 133 Å². The van der Waals surface area contributed by atoms with E-state index in [1.807, 2.05) is 36.4 Å². The Hall–Kier alpha value is -1.39. The number of nitrogens with one attached hydrogen (secondary N) is 1. The molecule has 0 aliphatic carbocycles. The van der Waals surface area contributed by atoms with E-state index in [1.165, 1.54) is 0 Å². The number of hydrogen-bond donors (Lipinski definition) is 1. The van der Waals surface area contributed by atoms with Gasteiger partial charge in [-0.1, -0.05) is 34.1 Å². The minimum absolute atomic E-state index is 0.0337. The summed E-state index contributed by atoms with van der Waals surface area (Å²) in [7, 11) is 2.12. The molecule has 0 atom stereocenters. The van der Waals surface area contributed by atoms with Crippen molar-refractivity contribution in [2.45, 2.75) is 18.9 Å². The number of benzene rings is 2. The van der Waals surface area contributed by atoms with Crippen LogP contribution >= 0.6 is 15.9 Å². The first-order valence-electron chi connectivity index (χ1n) is 7.31. The van der Waals surface area contributed by atoms with Gasteiger partial charge >= 0.3 is 0 Å². The fourth-order valence-electron chi connectivity index (χ4n) is 2.81. The highest BCUT2D eigenvalue weighted by Crippen LogP contribution is 2.24. The zero-order valence-corrected chi connectivity index (χ0v) is 13.7. The van der Waals surface area contributed by atoms with Crippen LogP contribution in [0.3, 0.4) is 0 Å². The molecule has 1 fully saturated rings. The van der Waals surface area contributed by atoms with Crippen molar-refractivity contribution in [3.05, 3.63) is 46.4 Å². The lowest BCUT2D eigenvalue weighted by Crippen LogP contribution is -2.43. The van der Waals surface area contributed by atoms with Crippen LogP contribution in [0.2, 0.25) is 0 Å². The van der Waals surface area contributed by atoms with E-state index in [1.54, 1.807) is 0 Å². The van der Waals surface area contributed by atoms with Gasteiger partial charge in [0.05, 0.1) is 0 Å². The van der Waals surface area contributed by atoms with Crippen molar-refractivity contribution in [1.29, 1.82) is 0 Å². The normalized spacial score (nSPS) is 17.0. The molecule has 1 aliphatic rings. The lowest BCUT2D eigenvalue weighted by Gasteiger charge is -2.29. The lowest BCUT2D eigenvalue weighted by molar-refractivity contribution is 0.0917. The molecule has 2 aromatic rings.